The van der Waals surface area contributed by atoms with Crippen molar-refractivity contribution in [2.75, 3.05) is 13.2 Å². The van der Waals surface area contributed by atoms with E-state index < -0.39 is 0 Å². The Kier molecular flexibility index (Phi) is 6.84. The second kappa shape index (κ2) is 9.20. The van der Waals surface area contributed by atoms with E-state index in [2.05, 4.69) is 89.4 Å². The largest absolute Gasteiger partial charge is 0.355 e. The number of aryl methyl sites for hydroxylation is 1. The summed E-state index contributed by atoms with van der Waals surface area (Å²) in [5.74, 6) is 0.477. The summed E-state index contributed by atoms with van der Waals surface area (Å²) in [6, 6.07) is 7.20. The van der Waals surface area contributed by atoms with Crippen LogP contribution in [0.25, 0.3) is 10.9 Å². The fourth-order valence-corrected chi connectivity index (χ4v) is 4.62. The Morgan fingerprint density at radius 1 is 1.03 bits per heavy atom. The monoisotopic (exact) mass is 406 g/mol. The number of fused-ring (bicyclic) bond motifs is 1. The Morgan fingerprint density at radius 3 is 2.37 bits per heavy atom. The Bertz CT molecular complexity index is 1000. The van der Waals surface area contributed by atoms with Crippen molar-refractivity contribution in [2.24, 2.45) is 17.0 Å². The molecule has 0 bridgehead atoms. The van der Waals surface area contributed by atoms with E-state index in [-0.39, 0.29) is 0 Å². The van der Waals surface area contributed by atoms with Crippen molar-refractivity contribution in [3.8, 4) is 0 Å². The smallest absolute Gasteiger partial charge is 0.110 e. The van der Waals surface area contributed by atoms with Crippen molar-refractivity contribution < 1.29 is 0 Å². The molecule has 0 unspecified atom stereocenters. The van der Waals surface area contributed by atoms with Gasteiger partial charge in [-0.15, -0.1) is 0 Å². The topological polar surface area (TPSA) is 32.9 Å². The van der Waals surface area contributed by atoms with Crippen LogP contribution in [0.1, 0.15) is 77.1 Å². The van der Waals surface area contributed by atoms with E-state index in [9.17, 15) is 0 Å². The van der Waals surface area contributed by atoms with E-state index in [1.165, 1.54) is 33.3 Å². The number of rotatable bonds is 5. The maximum Gasteiger partial charge on any atom is 0.110 e. The van der Waals surface area contributed by atoms with Gasteiger partial charge in [-0.2, -0.15) is 0 Å². The number of benzene rings is 1. The van der Waals surface area contributed by atoms with Gasteiger partial charge in [0.05, 0.1) is 23.5 Å². The molecule has 1 aliphatic heterocycles. The van der Waals surface area contributed by atoms with Crippen molar-refractivity contribution in [3.63, 3.8) is 0 Å². The summed E-state index contributed by atoms with van der Waals surface area (Å²) >= 11 is 0. The first kappa shape index (κ1) is 22.3. The zero-order valence-corrected chi connectivity index (χ0v) is 20.1. The Hall–Kier alpha value is -2.36. The quantitative estimate of drug-likeness (QED) is 0.580. The second-order valence-electron chi connectivity index (χ2n) is 8.93. The normalized spacial score (nSPS) is 19.3. The van der Waals surface area contributed by atoms with Gasteiger partial charge in [0, 0.05) is 35.9 Å². The Balaban J connectivity index is 2.15. The summed E-state index contributed by atoms with van der Waals surface area (Å²) in [6.45, 7) is 17.0. The minimum Gasteiger partial charge on any atom is -0.355 e. The highest BCUT2D eigenvalue weighted by Gasteiger charge is 2.22. The van der Waals surface area contributed by atoms with Gasteiger partial charge in [0.1, 0.15) is 6.67 Å². The van der Waals surface area contributed by atoms with Crippen molar-refractivity contribution in [2.45, 2.75) is 73.3 Å². The maximum atomic E-state index is 5.10. The molecule has 162 valence electrons. The summed E-state index contributed by atoms with van der Waals surface area (Å²) < 4.78 is 2.33. The molecular weight excluding hydrogens is 368 g/mol. The zero-order valence-electron chi connectivity index (χ0n) is 20.1. The lowest BCUT2D eigenvalue weighted by atomic mass is 9.97. The molecule has 0 radical (unpaired) electrons. The average molecular weight is 407 g/mol. The van der Waals surface area contributed by atoms with Gasteiger partial charge in [-0.25, -0.2) is 0 Å². The number of nitrogens with zero attached hydrogens (tertiary/aromatic N) is 4. The van der Waals surface area contributed by atoms with Crippen LogP contribution in [-0.2, 0) is 7.05 Å². The standard InChI is InChI=1S/C26H38N4/c1-9-21(10-2)30-15-18(5)14-27-25(19(6)28-16-30)24-20(7)29(8)26-22(17(3)4)12-11-13-23(24)26/h11-13,15,17,21H,9-10,14,16H2,1-8H3/b18-15-,27-25?,28-19-. The molecular formula is C26H38N4. The molecule has 0 amide bonds. The van der Waals surface area contributed by atoms with Crippen LogP contribution in [0, 0.1) is 6.92 Å². The van der Waals surface area contributed by atoms with Crippen LogP contribution in [0.5, 0.6) is 0 Å². The molecule has 0 N–H and O–H groups in total. The van der Waals surface area contributed by atoms with E-state index >= 15 is 0 Å². The van der Waals surface area contributed by atoms with Gasteiger partial charge in [0.2, 0.25) is 0 Å². The molecule has 1 aliphatic rings. The first-order chi connectivity index (χ1) is 14.3. The number of aliphatic imine (C=N–C) groups is 2. The lowest BCUT2D eigenvalue weighted by Crippen LogP contribution is -2.30. The highest BCUT2D eigenvalue weighted by atomic mass is 15.2. The molecule has 0 fully saturated rings. The lowest BCUT2D eigenvalue weighted by Gasteiger charge is -2.28. The van der Waals surface area contributed by atoms with E-state index in [0.717, 1.165) is 24.3 Å². The van der Waals surface area contributed by atoms with Crippen molar-refractivity contribution >= 4 is 22.3 Å². The SMILES string of the molecule is CCC(CC)N1/C=C(/C)CN=C(c2c(C)n(C)c3c(C(C)C)cccc23)/C(C)=N\C1. The predicted octanol–water partition coefficient (Wildman–Crippen LogP) is 6.23. The molecule has 2 heterocycles. The van der Waals surface area contributed by atoms with Crippen LogP contribution >= 0.6 is 0 Å². The minimum atomic E-state index is 0.477. The third-order valence-electron chi connectivity index (χ3n) is 6.49. The molecule has 4 heteroatoms. The summed E-state index contributed by atoms with van der Waals surface area (Å²) in [5, 5.41) is 1.28. The fraction of sp³-hybridized carbons (Fsp3) is 0.538. The number of aromatic nitrogens is 1. The molecule has 0 aliphatic carbocycles. The molecule has 0 saturated heterocycles. The van der Waals surface area contributed by atoms with E-state index in [1.807, 2.05) is 0 Å². The van der Waals surface area contributed by atoms with Crippen LogP contribution in [0.15, 0.2) is 40.0 Å². The van der Waals surface area contributed by atoms with E-state index in [1.54, 1.807) is 0 Å². The van der Waals surface area contributed by atoms with Crippen LogP contribution in [0.3, 0.4) is 0 Å². The summed E-state index contributed by atoms with van der Waals surface area (Å²) in [4.78, 5) is 12.5. The Labute approximate surface area is 182 Å². The average Bonchev–Trinajstić information content (AvgIpc) is 3.00. The number of para-hydroxylation sites is 1. The van der Waals surface area contributed by atoms with E-state index in [4.69, 9.17) is 9.98 Å². The van der Waals surface area contributed by atoms with Gasteiger partial charge in [-0.05, 0) is 50.7 Å². The molecule has 30 heavy (non-hydrogen) atoms. The third kappa shape index (κ3) is 4.10. The molecule has 0 saturated carbocycles. The third-order valence-corrected chi connectivity index (χ3v) is 6.49. The van der Waals surface area contributed by atoms with Crippen molar-refractivity contribution in [1.82, 2.24) is 9.47 Å². The lowest BCUT2D eigenvalue weighted by molar-refractivity contribution is 0.267. The minimum absolute atomic E-state index is 0.477. The van der Waals surface area contributed by atoms with Gasteiger partial charge < -0.3 is 9.47 Å². The Morgan fingerprint density at radius 2 is 1.73 bits per heavy atom. The van der Waals surface area contributed by atoms with Crippen LogP contribution in [0.4, 0.5) is 0 Å². The van der Waals surface area contributed by atoms with Gasteiger partial charge in [-0.3, -0.25) is 9.98 Å². The molecule has 1 aromatic heterocycles. The van der Waals surface area contributed by atoms with Gasteiger partial charge >= 0.3 is 0 Å². The zero-order chi connectivity index (χ0) is 22.0. The number of hydrogen-bond donors (Lipinski definition) is 0. The first-order valence-electron chi connectivity index (χ1n) is 11.4. The van der Waals surface area contributed by atoms with Gasteiger partial charge in [0.25, 0.3) is 0 Å². The number of hydrogen-bond acceptors (Lipinski definition) is 3. The highest BCUT2D eigenvalue weighted by molar-refractivity contribution is 6.50. The molecule has 2 aromatic rings. The molecule has 4 nitrogen and oxygen atoms in total. The second-order valence-corrected chi connectivity index (χ2v) is 8.93. The van der Waals surface area contributed by atoms with Gasteiger partial charge in [0.15, 0.2) is 0 Å². The van der Waals surface area contributed by atoms with Crippen molar-refractivity contribution in [3.05, 3.63) is 46.8 Å². The van der Waals surface area contributed by atoms with Gasteiger partial charge in [-0.1, -0.05) is 45.9 Å². The summed E-state index contributed by atoms with van der Waals surface area (Å²) in [7, 11) is 2.18. The molecule has 3 rings (SSSR count). The maximum absolute atomic E-state index is 5.10. The van der Waals surface area contributed by atoms with Crippen LogP contribution in [-0.4, -0.2) is 40.1 Å². The molecule has 1 aromatic carbocycles. The van der Waals surface area contributed by atoms with Crippen LogP contribution < -0.4 is 0 Å². The highest BCUT2D eigenvalue weighted by Crippen LogP contribution is 2.32. The van der Waals surface area contributed by atoms with Crippen molar-refractivity contribution in [1.29, 1.82) is 0 Å². The summed E-state index contributed by atoms with van der Waals surface area (Å²) in [6.07, 6.45) is 4.53. The molecule has 0 spiro atoms. The van der Waals surface area contributed by atoms with E-state index in [0.29, 0.717) is 25.2 Å². The summed E-state index contributed by atoms with van der Waals surface area (Å²) in [5.41, 5.74) is 8.55. The van der Waals surface area contributed by atoms with Crippen LogP contribution in [0.2, 0.25) is 0 Å². The fourth-order valence-electron chi connectivity index (χ4n) is 4.62. The molecule has 0 atom stereocenters. The first-order valence-corrected chi connectivity index (χ1v) is 11.4. The predicted molar refractivity (Wildman–Crippen MR) is 131 cm³/mol.